The first kappa shape index (κ1) is 13.5. The van der Waals surface area contributed by atoms with E-state index in [-0.39, 0.29) is 18.6 Å². The molecule has 0 aliphatic heterocycles. The maximum absolute atomic E-state index is 11.2. The largest absolute Gasteiger partial charge is 0.484 e. The summed E-state index contributed by atoms with van der Waals surface area (Å²) in [6.07, 6.45) is 0.902. The van der Waals surface area contributed by atoms with E-state index in [2.05, 4.69) is 5.32 Å². The third-order valence-electron chi connectivity index (χ3n) is 2.49. The maximum atomic E-state index is 11.2. The van der Waals surface area contributed by atoms with Crippen molar-refractivity contribution in [1.82, 2.24) is 5.32 Å². The van der Waals surface area contributed by atoms with Gasteiger partial charge < -0.3 is 15.8 Å². The van der Waals surface area contributed by atoms with E-state index in [1.165, 1.54) is 0 Å². The van der Waals surface area contributed by atoms with Crippen LogP contribution in [0.4, 0.5) is 0 Å². The van der Waals surface area contributed by atoms with E-state index >= 15 is 0 Å². The summed E-state index contributed by atoms with van der Waals surface area (Å²) >= 11 is 0. The summed E-state index contributed by atoms with van der Waals surface area (Å²) in [5.74, 6) is 0.574. The van der Waals surface area contributed by atoms with Crippen LogP contribution in [-0.2, 0) is 4.79 Å². The zero-order valence-electron chi connectivity index (χ0n) is 10.4. The molecule has 0 bridgehead atoms. The first-order valence-corrected chi connectivity index (χ1v) is 5.92. The Morgan fingerprint density at radius 2 is 2.00 bits per heavy atom. The van der Waals surface area contributed by atoms with E-state index in [1.807, 2.05) is 38.1 Å². The molecule has 0 unspecified atom stereocenters. The summed E-state index contributed by atoms with van der Waals surface area (Å²) in [7, 11) is 0. The fourth-order valence-corrected chi connectivity index (χ4v) is 1.44. The molecule has 1 aromatic rings. The van der Waals surface area contributed by atoms with Crippen LogP contribution in [-0.4, -0.2) is 19.1 Å². The predicted octanol–water partition coefficient (Wildman–Crippen LogP) is 1.61. The third-order valence-corrected chi connectivity index (χ3v) is 2.49. The fraction of sp³-hybridized carbons (Fsp3) is 0.462. The van der Waals surface area contributed by atoms with Gasteiger partial charge in [0.15, 0.2) is 6.61 Å². The van der Waals surface area contributed by atoms with E-state index in [9.17, 15) is 4.79 Å². The van der Waals surface area contributed by atoms with Crippen molar-refractivity contribution in [2.45, 2.75) is 26.3 Å². The average Bonchev–Trinajstić information content (AvgIpc) is 2.36. The second kappa shape index (κ2) is 6.91. The van der Waals surface area contributed by atoms with Crippen LogP contribution >= 0.6 is 0 Å². The van der Waals surface area contributed by atoms with Crippen LogP contribution in [0.5, 0.6) is 5.75 Å². The van der Waals surface area contributed by atoms with Gasteiger partial charge in [0, 0.05) is 12.6 Å². The lowest BCUT2D eigenvalue weighted by molar-refractivity contribution is -0.122. The quantitative estimate of drug-likeness (QED) is 0.788. The van der Waals surface area contributed by atoms with Gasteiger partial charge in [-0.05, 0) is 31.0 Å². The molecule has 0 aliphatic carbocycles. The van der Waals surface area contributed by atoms with Crippen LogP contribution in [0.15, 0.2) is 24.3 Å². The molecule has 0 spiro atoms. The van der Waals surface area contributed by atoms with Gasteiger partial charge in [0.2, 0.25) is 0 Å². The van der Waals surface area contributed by atoms with Crippen molar-refractivity contribution in [2.75, 3.05) is 13.2 Å². The summed E-state index contributed by atoms with van der Waals surface area (Å²) in [6, 6.07) is 7.60. The van der Waals surface area contributed by atoms with Gasteiger partial charge in [0.1, 0.15) is 5.75 Å². The van der Waals surface area contributed by atoms with Crippen LogP contribution in [0.3, 0.4) is 0 Å². The summed E-state index contributed by atoms with van der Waals surface area (Å²) in [4.78, 5) is 11.2. The number of nitrogens with one attached hydrogen (secondary N) is 1. The number of likely N-dealkylation sites (N-methyl/N-ethyl adjacent to an activating group) is 1. The molecule has 1 rings (SSSR count). The van der Waals surface area contributed by atoms with Crippen molar-refractivity contribution in [3.63, 3.8) is 0 Å². The van der Waals surface area contributed by atoms with Crippen molar-refractivity contribution < 1.29 is 9.53 Å². The second-order valence-electron chi connectivity index (χ2n) is 3.83. The topological polar surface area (TPSA) is 64.3 Å². The number of benzene rings is 1. The Morgan fingerprint density at radius 3 is 2.53 bits per heavy atom. The van der Waals surface area contributed by atoms with Gasteiger partial charge in [-0.1, -0.05) is 19.1 Å². The second-order valence-corrected chi connectivity index (χ2v) is 3.83. The summed E-state index contributed by atoms with van der Waals surface area (Å²) in [5.41, 5.74) is 6.98. The van der Waals surface area contributed by atoms with Crippen LogP contribution < -0.4 is 15.8 Å². The van der Waals surface area contributed by atoms with Gasteiger partial charge >= 0.3 is 0 Å². The van der Waals surface area contributed by atoms with Gasteiger partial charge in [0.25, 0.3) is 5.91 Å². The normalized spacial score (nSPS) is 11.9. The van der Waals surface area contributed by atoms with E-state index in [0.717, 1.165) is 12.0 Å². The Bertz CT molecular complexity index is 349. The molecule has 0 saturated carbocycles. The molecule has 4 nitrogen and oxygen atoms in total. The number of carbonyl (C=O) groups is 1. The molecule has 17 heavy (non-hydrogen) atoms. The highest BCUT2D eigenvalue weighted by Gasteiger charge is 2.04. The molecule has 94 valence electrons. The minimum atomic E-state index is -0.109. The van der Waals surface area contributed by atoms with E-state index in [0.29, 0.717) is 12.3 Å². The van der Waals surface area contributed by atoms with Crippen molar-refractivity contribution in [2.24, 2.45) is 5.73 Å². The maximum Gasteiger partial charge on any atom is 0.257 e. The molecule has 4 heteroatoms. The van der Waals surface area contributed by atoms with E-state index in [4.69, 9.17) is 10.5 Å². The van der Waals surface area contributed by atoms with Gasteiger partial charge in [-0.25, -0.2) is 0 Å². The van der Waals surface area contributed by atoms with Gasteiger partial charge in [-0.2, -0.15) is 0 Å². The molecule has 0 aromatic heterocycles. The third kappa shape index (κ3) is 4.44. The highest BCUT2D eigenvalue weighted by molar-refractivity contribution is 5.77. The lowest BCUT2D eigenvalue weighted by Gasteiger charge is -2.10. The molecule has 1 aromatic carbocycles. The number of rotatable bonds is 6. The standard InChI is InChI=1S/C13H20N2O2/c1-3-12(14)10-5-7-11(8-6-10)17-9-13(16)15-4-2/h5-8,12H,3-4,9,14H2,1-2H3,(H,15,16)/t12-/m1/s1. The molecular weight excluding hydrogens is 216 g/mol. The monoisotopic (exact) mass is 236 g/mol. The summed E-state index contributed by atoms with van der Waals surface area (Å²) < 4.78 is 5.34. The molecule has 0 radical (unpaired) electrons. The van der Waals surface area contributed by atoms with Crippen molar-refractivity contribution >= 4 is 5.91 Å². The highest BCUT2D eigenvalue weighted by Crippen LogP contribution is 2.18. The van der Waals surface area contributed by atoms with Gasteiger partial charge in [-0.3, -0.25) is 4.79 Å². The van der Waals surface area contributed by atoms with Crippen molar-refractivity contribution in [3.8, 4) is 5.75 Å². The molecule has 3 N–H and O–H groups in total. The number of carbonyl (C=O) groups excluding carboxylic acids is 1. The molecule has 0 fully saturated rings. The Kier molecular flexibility index (Phi) is 5.49. The number of amides is 1. The van der Waals surface area contributed by atoms with Crippen molar-refractivity contribution in [3.05, 3.63) is 29.8 Å². The lowest BCUT2D eigenvalue weighted by Crippen LogP contribution is -2.28. The minimum absolute atomic E-state index is 0.0486. The van der Waals surface area contributed by atoms with Gasteiger partial charge in [-0.15, -0.1) is 0 Å². The zero-order valence-corrected chi connectivity index (χ0v) is 10.4. The Labute approximate surface area is 102 Å². The Morgan fingerprint density at radius 1 is 1.35 bits per heavy atom. The molecule has 1 amide bonds. The fourth-order valence-electron chi connectivity index (χ4n) is 1.44. The molecule has 0 aliphatic rings. The molecule has 0 saturated heterocycles. The van der Waals surface area contributed by atoms with Crippen LogP contribution in [0.25, 0.3) is 0 Å². The van der Waals surface area contributed by atoms with E-state index in [1.54, 1.807) is 0 Å². The smallest absolute Gasteiger partial charge is 0.257 e. The lowest BCUT2D eigenvalue weighted by atomic mass is 10.1. The summed E-state index contributed by atoms with van der Waals surface area (Å²) in [5, 5.41) is 2.67. The molecular formula is C13H20N2O2. The Hall–Kier alpha value is -1.55. The van der Waals surface area contributed by atoms with Crippen LogP contribution in [0, 0.1) is 0 Å². The number of hydrogen-bond donors (Lipinski definition) is 2. The SMILES string of the molecule is CCNC(=O)COc1ccc([C@H](N)CC)cc1. The van der Waals surface area contributed by atoms with Crippen LogP contribution in [0.1, 0.15) is 31.9 Å². The number of nitrogens with two attached hydrogens (primary N) is 1. The molecule has 0 heterocycles. The first-order chi connectivity index (χ1) is 8.17. The number of ether oxygens (including phenoxy) is 1. The zero-order chi connectivity index (χ0) is 12.7. The van der Waals surface area contributed by atoms with E-state index < -0.39 is 0 Å². The van der Waals surface area contributed by atoms with Crippen molar-refractivity contribution in [1.29, 1.82) is 0 Å². The highest BCUT2D eigenvalue weighted by atomic mass is 16.5. The Balaban J connectivity index is 2.48. The average molecular weight is 236 g/mol. The minimum Gasteiger partial charge on any atom is -0.484 e. The van der Waals surface area contributed by atoms with Crippen LogP contribution in [0.2, 0.25) is 0 Å². The molecule has 1 atom stereocenters. The first-order valence-electron chi connectivity index (χ1n) is 5.92. The van der Waals surface area contributed by atoms with Gasteiger partial charge in [0.05, 0.1) is 0 Å². The number of hydrogen-bond acceptors (Lipinski definition) is 3. The summed E-state index contributed by atoms with van der Waals surface area (Å²) in [6.45, 7) is 4.59. The predicted molar refractivity (Wildman–Crippen MR) is 67.8 cm³/mol.